The molecule has 0 fully saturated rings. The first kappa shape index (κ1) is 15.3. The lowest BCUT2D eigenvalue weighted by molar-refractivity contribution is -0.137. The largest absolute Gasteiger partial charge is 0.419 e. The summed E-state index contributed by atoms with van der Waals surface area (Å²) < 4.78 is 39.1. The Hall–Kier alpha value is -2.12. The van der Waals surface area contributed by atoms with E-state index in [2.05, 4.69) is 20.4 Å². The van der Waals surface area contributed by atoms with Crippen LogP contribution in [0, 0.1) is 6.92 Å². The van der Waals surface area contributed by atoms with E-state index < -0.39 is 11.7 Å². The molecule has 114 valence electrons. The number of nitrogens with one attached hydrogen (secondary N) is 1. The van der Waals surface area contributed by atoms with Crippen LogP contribution in [0.2, 0.25) is 0 Å². The van der Waals surface area contributed by atoms with Crippen LogP contribution in [0.15, 0.2) is 12.4 Å². The Morgan fingerprint density at radius 3 is 2.38 bits per heavy atom. The van der Waals surface area contributed by atoms with Gasteiger partial charge in [-0.15, -0.1) is 0 Å². The van der Waals surface area contributed by atoms with Gasteiger partial charge < -0.3 is 5.32 Å². The Morgan fingerprint density at radius 1 is 1.24 bits per heavy atom. The van der Waals surface area contributed by atoms with Gasteiger partial charge in [0.2, 0.25) is 0 Å². The van der Waals surface area contributed by atoms with Gasteiger partial charge in [-0.05, 0) is 6.92 Å². The third kappa shape index (κ3) is 2.98. The maximum atomic E-state index is 12.7. The van der Waals surface area contributed by atoms with E-state index in [4.69, 9.17) is 0 Å². The molecule has 0 aliphatic carbocycles. The molecule has 2 heterocycles. The summed E-state index contributed by atoms with van der Waals surface area (Å²) in [6.07, 6.45) is -2.71. The van der Waals surface area contributed by atoms with Crippen molar-refractivity contribution in [3.05, 3.63) is 29.3 Å². The van der Waals surface area contributed by atoms with E-state index in [0.29, 0.717) is 23.0 Å². The normalized spacial score (nSPS) is 12.0. The SMILES string of the molecule is CNc1nc(C(C)C)nc(-n2cc(C(F)(F)F)cn2)c1C. The molecular weight excluding hydrogens is 283 g/mol. The molecule has 2 aromatic heterocycles. The Morgan fingerprint density at radius 2 is 1.90 bits per heavy atom. The van der Waals surface area contributed by atoms with Crippen LogP contribution < -0.4 is 5.32 Å². The molecule has 1 N–H and O–H groups in total. The molecule has 0 atom stereocenters. The minimum atomic E-state index is -4.42. The highest BCUT2D eigenvalue weighted by Gasteiger charge is 2.32. The quantitative estimate of drug-likeness (QED) is 0.946. The summed E-state index contributed by atoms with van der Waals surface area (Å²) in [4.78, 5) is 8.67. The van der Waals surface area contributed by atoms with Crippen LogP contribution in [0.1, 0.15) is 36.7 Å². The second-order valence-corrected chi connectivity index (χ2v) is 4.96. The van der Waals surface area contributed by atoms with Crippen molar-refractivity contribution in [3.8, 4) is 5.82 Å². The molecular formula is C13H16F3N5. The minimum absolute atomic E-state index is 0.0501. The topological polar surface area (TPSA) is 55.6 Å². The lowest BCUT2D eigenvalue weighted by atomic mass is 10.2. The zero-order chi connectivity index (χ0) is 15.8. The second kappa shape index (κ2) is 5.34. The molecule has 0 saturated carbocycles. The summed E-state index contributed by atoms with van der Waals surface area (Å²) in [7, 11) is 1.70. The molecule has 5 nitrogen and oxygen atoms in total. The molecule has 0 aromatic carbocycles. The van der Waals surface area contributed by atoms with Crippen molar-refractivity contribution < 1.29 is 13.2 Å². The number of alkyl halides is 3. The van der Waals surface area contributed by atoms with Crippen LogP contribution >= 0.6 is 0 Å². The second-order valence-electron chi connectivity index (χ2n) is 4.96. The van der Waals surface area contributed by atoms with E-state index in [9.17, 15) is 13.2 Å². The fourth-order valence-corrected chi connectivity index (χ4v) is 1.83. The van der Waals surface area contributed by atoms with Gasteiger partial charge in [-0.3, -0.25) is 0 Å². The van der Waals surface area contributed by atoms with Crippen LogP contribution in [0.25, 0.3) is 5.82 Å². The summed E-state index contributed by atoms with van der Waals surface area (Å²) in [5.41, 5.74) is -0.170. The Bertz CT molecular complexity index is 646. The van der Waals surface area contributed by atoms with Crippen LogP contribution in [-0.4, -0.2) is 26.8 Å². The summed E-state index contributed by atoms with van der Waals surface area (Å²) in [5, 5.41) is 6.69. The highest BCUT2D eigenvalue weighted by Crippen LogP contribution is 2.30. The van der Waals surface area contributed by atoms with Crippen molar-refractivity contribution in [2.75, 3.05) is 12.4 Å². The number of halogens is 3. The first-order valence-corrected chi connectivity index (χ1v) is 6.42. The Kier molecular flexibility index (Phi) is 3.89. The van der Waals surface area contributed by atoms with Gasteiger partial charge in [0.15, 0.2) is 5.82 Å². The maximum Gasteiger partial charge on any atom is 0.419 e. The molecule has 0 aliphatic rings. The van der Waals surface area contributed by atoms with Gasteiger partial charge in [-0.2, -0.15) is 18.3 Å². The number of nitrogens with zero attached hydrogens (tertiary/aromatic N) is 4. The molecule has 0 saturated heterocycles. The van der Waals surface area contributed by atoms with E-state index in [1.807, 2.05) is 13.8 Å². The molecule has 8 heteroatoms. The van der Waals surface area contributed by atoms with Crippen LogP contribution in [0.5, 0.6) is 0 Å². The molecule has 0 bridgehead atoms. The third-order valence-electron chi connectivity index (χ3n) is 3.02. The van der Waals surface area contributed by atoms with Crippen molar-refractivity contribution in [2.45, 2.75) is 32.9 Å². The van der Waals surface area contributed by atoms with E-state index in [-0.39, 0.29) is 5.92 Å². The van der Waals surface area contributed by atoms with Gasteiger partial charge in [0, 0.05) is 24.7 Å². The summed E-state index contributed by atoms with van der Waals surface area (Å²) in [6.45, 7) is 5.57. The van der Waals surface area contributed by atoms with E-state index >= 15 is 0 Å². The molecule has 2 aromatic rings. The highest BCUT2D eigenvalue weighted by molar-refractivity contribution is 5.51. The average molecular weight is 299 g/mol. The van der Waals surface area contributed by atoms with Crippen molar-refractivity contribution in [1.82, 2.24) is 19.7 Å². The van der Waals surface area contributed by atoms with Gasteiger partial charge in [-0.25, -0.2) is 14.6 Å². The predicted octanol–water partition coefficient (Wildman–Crippen LogP) is 3.15. The fraction of sp³-hybridized carbons (Fsp3) is 0.462. The smallest absolute Gasteiger partial charge is 0.373 e. The predicted molar refractivity (Wildman–Crippen MR) is 72.5 cm³/mol. The summed E-state index contributed by atoms with van der Waals surface area (Å²) in [6, 6.07) is 0. The van der Waals surface area contributed by atoms with Gasteiger partial charge >= 0.3 is 6.18 Å². The first-order valence-electron chi connectivity index (χ1n) is 6.42. The van der Waals surface area contributed by atoms with Crippen molar-refractivity contribution in [2.24, 2.45) is 0 Å². The Balaban J connectivity index is 2.57. The van der Waals surface area contributed by atoms with Crippen molar-refractivity contribution >= 4 is 5.82 Å². The molecule has 0 amide bonds. The highest BCUT2D eigenvalue weighted by atomic mass is 19.4. The summed E-state index contributed by atoms with van der Waals surface area (Å²) in [5.74, 6) is 1.51. The van der Waals surface area contributed by atoms with Crippen LogP contribution in [-0.2, 0) is 6.18 Å². The molecule has 2 rings (SSSR count). The van der Waals surface area contributed by atoms with Gasteiger partial charge in [0.1, 0.15) is 11.6 Å². The van der Waals surface area contributed by atoms with Gasteiger partial charge in [0.05, 0.1) is 11.8 Å². The molecule has 21 heavy (non-hydrogen) atoms. The van der Waals surface area contributed by atoms with E-state index in [1.54, 1.807) is 14.0 Å². The average Bonchev–Trinajstić information content (AvgIpc) is 2.88. The van der Waals surface area contributed by atoms with Gasteiger partial charge in [-0.1, -0.05) is 13.8 Å². The number of aromatic nitrogens is 4. The molecule has 0 spiro atoms. The van der Waals surface area contributed by atoms with E-state index in [0.717, 1.165) is 17.1 Å². The molecule has 0 radical (unpaired) electrons. The zero-order valence-corrected chi connectivity index (χ0v) is 12.2. The van der Waals surface area contributed by atoms with E-state index in [1.165, 1.54) is 0 Å². The Labute approximate surface area is 120 Å². The molecule has 0 aliphatic heterocycles. The van der Waals surface area contributed by atoms with Crippen molar-refractivity contribution in [1.29, 1.82) is 0 Å². The zero-order valence-electron chi connectivity index (χ0n) is 12.2. The third-order valence-corrected chi connectivity index (χ3v) is 3.02. The number of anilines is 1. The monoisotopic (exact) mass is 299 g/mol. The van der Waals surface area contributed by atoms with Crippen LogP contribution in [0.4, 0.5) is 19.0 Å². The first-order chi connectivity index (χ1) is 9.74. The standard InChI is InChI=1S/C13H16F3N5/c1-7(2)10-19-11(17-4)8(3)12(20-10)21-6-9(5-18-21)13(14,15)16/h5-7H,1-4H3,(H,17,19,20). The maximum absolute atomic E-state index is 12.7. The number of hydrogen-bond acceptors (Lipinski definition) is 4. The molecule has 0 unspecified atom stereocenters. The number of rotatable bonds is 3. The minimum Gasteiger partial charge on any atom is -0.373 e. The summed E-state index contributed by atoms with van der Waals surface area (Å²) >= 11 is 0. The van der Waals surface area contributed by atoms with Crippen LogP contribution in [0.3, 0.4) is 0 Å². The lowest BCUT2D eigenvalue weighted by Crippen LogP contribution is -2.11. The lowest BCUT2D eigenvalue weighted by Gasteiger charge is -2.13. The van der Waals surface area contributed by atoms with Gasteiger partial charge in [0.25, 0.3) is 0 Å². The fourth-order valence-electron chi connectivity index (χ4n) is 1.83. The van der Waals surface area contributed by atoms with Crippen molar-refractivity contribution in [3.63, 3.8) is 0 Å². The number of hydrogen-bond donors (Lipinski definition) is 1.